The Hall–Kier alpha value is -0.120. The predicted octanol–water partition coefficient (Wildman–Crippen LogP) is 1.66. The minimum Gasteiger partial charge on any atom is -0.353 e. The zero-order valence-electron chi connectivity index (χ0n) is 9.00. The first-order chi connectivity index (χ1) is 6.72. The zero-order chi connectivity index (χ0) is 10.0. The van der Waals surface area contributed by atoms with Gasteiger partial charge >= 0.3 is 0 Å². The van der Waals surface area contributed by atoms with Crippen LogP contribution in [0.1, 0.15) is 39.0 Å². The summed E-state index contributed by atoms with van der Waals surface area (Å²) in [7, 11) is 0. The summed E-state index contributed by atoms with van der Waals surface area (Å²) in [6.07, 6.45) is 6.40. The molecule has 1 saturated carbocycles. The summed E-state index contributed by atoms with van der Waals surface area (Å²) in [5.41, 5.74) is 6.44. The molecule has 0 aromatic rings. The summed E-state index contributed by atoms with van der Waals surface area (Å²) in [6.45, 7) is 3.38. The van der Waals surface area contributed by atoms with Crippen LogP contribution < -0.4 is 5.73 Å². The summed E-state index contributed by atoms with van der Waals surface area (Å²) in [5, 5.41) is 0. The van der Waals surface area contributed by atoms with Crippen LogP contribution in [0.5, 0.6) is 0 Å². The van der Waals surface area contributed by atoms with Crippen molar-refractivity contribution in [3.8, 4) is 0 Å². The zero-order valence-corrected chi connectivity index (χ0v) is 9.00. The lowest BCUT2D eigenvalue weighted by atomic mass is 9.72. The highest BCUT2D eigenvalue weighted by atomic mass is 16.7. The Morgan fingerprint density at radius 2 is 2.00 bits per heavy atom. The van der Waals surface area contributed by atoms with Gasteiger partial charge in [-0.15, -0.1) is 0 Å². The van der Waals surface area contributed by atoms with Gasteiger partial charge in [-0.3, -0.25) is 0 Å². The monoisotopic (exact) mass is 199 g/mol. The average molecular weight is 199 g/mol. The standard InChI is InChI=1S/C11H21NO2/c1-9(10-7-13-8-14-10)11(12)5-3-2-4-6-11/h9-10H,2-8,12H2,1H3/t9-,10+/m1/s1. The molecular weight excluding hydrogens is 178 g/mol. The van der Waals surface area contributed by atoms with Crippen molar-refractivity contribution >= 4 is 0 Å². The van der Waals surface area contributed by atoms with Gasteiger partial charge in [0.25, 0.3) is 0 Å². The highest BCUT2D eigenvalue weighted by Gasteiger charge is 2.39. The molecule has 82 valence electrons. The van der Waals surface area contributed by atoms with Crippen molar-refractivity contribution in [2.75, 3.05) is 13.4 Å². The van der Waals surface area contributed by atoms with Crippen LogP contribution >= 0.6 is 0 Å². The van der Waals surface area contributed by atoms with Gasteiger partial charge in [0.05, 0.1) is 12.7 Å². The molecule has 0 aromatic heterocycles. The van der Waals surface area contributed by atoms with E-state index in [0.29, 0.717) is 12.7 Å². The van der Waals surface area contributed by atoms with Crippen LogP contribution in [0.4, 0.5) is 0 Å². The van der Waals surface area contributed by atoms with Crippen molar-refractivity contribution in [2.45, 2.75) is 50.7 Å². The quantitative estimate of drug-likeness (QED) is 0.735. The van der Waals surface area contributed by atoms with Gasteiger partial charge in [0.1, 0.15) is 6.79 Å². The van der Waals surface area contributed by atoms with E-state index < -0.39 is 0 Å². The van der Waals surface area contributed by atoms with Gasteiger partial charge in [-0.25, -0.2) is 0 Å². The Bertz CT molecular complexity index is 184. The molecule has 2 aliphatic rings. The topological polar surface area (TPSA) is 44.5 Å². The highest BCUT2D eigenvalue weighted by Crippen LogP contribution is 2.35. The van der Waals surface area contributed by atoms with E-state index in [4.69, 9.17) is 15.2 Å². The fraction of sp³-hybridized carbons (Fsp3) is 1.00. The number of hydrogen-bond donors (Lipinski definition) is 1. The fourth-order valence-electron chi connectivity index (χ4n) is 2.67. The van der Waals surface area contributed by atoms with E-state index in [9.17, 15) is 0 Å². The van der Waals surface area contributed by atoms with Gasteiger partial charge in [0.15, 0.2) is 0 Å². The van der Waals surface area contributed by atoms with Gasteiger partial charge in [-0.1, -0.05) is 26.2 Å². The lowest BCUT2D eigenvalue weighted by molar-refractivity contribution is 0.00861. The average Bonchev–Trinajstić information content (AvgIpc) is 2.70. The number of ether oxygens (including phenoxy) is 2. The predicted molar refractivity (Wildman–Crippen MR) is 54.9 cm³/mol. The van der Waals surface area contributed by atoms with E-state index in [2.05, 4.69) is 6.92 Å². The molecule has 0 radical (unpaired) electrons. The molecule has 14 heavy (non-hydrogen) atoms. The first-order valence-corrected chi connectivity index (χ1v) is 5.71. The first-order valence-electron chi connectivity index (χ1n) is 5.71. The molecule has 3 nitrogen and oxygen atoms in total. The van der Waals surface area contributed by atoms with Crippen LogP contribution in [0.3, 0.4) is 0 Å². The largest absolute Gasteiger partial charge is 0.353 e. The molecule has 1 aliphatic heterocycles. The van der Waals surface area contributed by atoms with E-state index in [1.54, 1.807) is 0 Å². The molecule has 1 saturated heterocycles. The van der Waals surface area contributed by atoms with Gasteiger partial charge in [0.2, 0.25) is 0 Å². The highest BCUT2D eigenvalue weighted by molar-refractivity contribution is 4.95. The summed E-state index contributed by atoms with van der Waals surface area (Å²) >= 11 is 0. The molecular formula is C11H21NO2. The molecule has 0 unspecified atom stereocenters. The van der Waals surface area contributed by atoms with Crippen molar-refractivity contribution in [2.24, 2.45) is 11.7 Å². The second kappa shape index (κ2) is 4.17. The maximum Gasteiger partial charge on any atom is 0.147 e. The second-order valence-corrected chi connectivity index (χ2v) is 4.78. The second-order valence-electron chi connectivity index (χ2n) is 4.78. The van der Waals surface area contributed by atoms with E-state index in [-0.39, 0.29) is 11.6 Å². The minimum absolute atomic E-state index is 0.00336. The molecule has 2 fully saturated rings. The van der Waals surface area contributed by atoms with Crippen molar-refractivity contribution in [1.29, 1.82) is 0 Å². The Kier molecular flexibility index (Phi) is 3.10. The third kappa shape index (κ3) is 1.95. The normalized spacial score (nSPS) is 34.3. The third-order valence-corrected chi connectivity index (χ3v) is 3.90. The summed E-state index contributed by atoms with van der Waals surface area (Å²) in [6, 6.07) is 0. The van der Waals surface area contributed by atoms with Crippen LogP contribution in [0.15, 0.2) is 0 Å². The smallest absolute Gasteiger partial charge is 0.147 e. The molecule has 0 aromatic carbocycles. The van der Waals surface area contributed by atoms with Crippen LogP contribution in [0, 0.1) is 5.92 Å². The van der Waals surface area contributed by atoms with Gasteiger partial charge in [-0.05, 0) is 12.8 Å². The SMILES string of the molecule is C[C@H]([C@@H]1COCO1)C1(N)CCCCC1. The first kappa shape index (κ1) is 10.4. The molecule has 2 atom stereocenters. The van der Waals surface area contributed by atoms with Crippen molar-refractivity contribution in [3.63, 3.8) is 0 Å². The number of rotatable bonds is 2. The third-order valence-electron chi connectivity index (χ3n) is 3.90. The lowest BCUT2D eigenvalue weighted by Crippen LogP contribution is -2.52. The molecule has 1 aliphatic carbocycles. The maximum absolute atomic E-state index is 6.45. The van der Waals surface area contributed by atoms with Crippen molar-refractivity contribution < 1.29 is 9.47 Å². The molecule has 0 amide bonds. The number of nitrogens with two attached hydrogens (primary N) is 1. The Morgan fingerprint density at radius 3 is 2.57 bits per heavy atom. The Balaban J connectivity index is 1.96. The maximum atomic E-state index is 6.45. The van der Waals surface area contributed by atoms with E-state index in [1.807, 2.05) is 0 Å². The molecule has 0 bridgehead atoms. The van der Waals surface area contributed by atoms with Crippen molar-refractivity contribution in [3.05, 3.63) is 0 Å². The van der Waals surface area contributed by atoms with Crippen molar-refractivity contribution in [1.82, 2.24) is 0 Å². The van der Waals surface area contributed by atoms with E-state index in [1.165, 1.54) is 19.3 Å². The van der Waals surface area contributed by atoms with Gasteiger partial charge in [0, 0.05) is 11.5 Å². The fourth-order valence-corrected chi connectivity index (χ4v) is 2.67. The minimum atomic E-state index is -0.00336. The summed E-state index contributed by atoms with van der Waals surface area (Å²) in [5.74, 6) is 0.422. The van der Waals surface area contributed by atoms with Gasteiger partial charge < -0.3 is 15.2 Å². The summed E-state index contributed by atoms with van der Waals surface area (Å²) in [4.78, 5) is 0. The Morgan fingerprint density at radius 1 is 1.29 bits per heavy atom. The molecule has 1 heterocycles. The molecule has 3 heteroatoms. The van der Waals surface area contributed by atoms with E-state index >= 15 is 0 Å². The van der Waals surface area contributed by atoms with Crippen LogP contribution in [-0.2, 0) is 9.47 Å². The van der Waals surface area contributed by atoms with Crippen LogP contribution in [-0.4, -0.2) is 25.0 Å². The molecule has 2 N–H and O–H groups in total. The Labute approximate surface area is 85.9 Å². The number of hydrogen-bond acceptors (Lipinski definition) is 3. The van der Waals surface area contributed by atoms with Crippen LogP contribution in [0.2, 0.25) is 0 Å². The molecule has 0 spiro atoms. The van der Waals surface area contributed by atoms with E-state index in [0.717, 1.165) is 19.4 Å². The van der Waals surface area contributed by atoms with Gasteiger partial charge in [-0.2, -0.15) is 0 Å². The van der Waals surface area contributed by atoms with Crippen LogP contribution in [0.25, 0.3) is 0 Å². The summed E-state index contributed by atoms with van der Waals surface area (Å²) < 4.78 is 10.8. The lowest BCUT2D eigenvalue weighted by Gasteiger charge is -2.40. The molecule has 2 rings (SSSR count).